The molecule has 16 heavy (non-hydrogen) atoms. The van der Waals surface area contributed by atoms with Gasteiger partial charge in [0.2, 0.25) is 12.2 Å². The third-order valence-electron chi connectivity index (χ3n) is 1.86. The number of hydrogen-bond acceptors (Lipinski definition) is 3. The highest BCUT2D eigenvalue weighted by Gasteiger charge is 2.13. The van der Waals surface area contributed by atoms with Crippen molar-refractivity contribution in [1.82, 2.24) is 5.32 Å². The van der Waals surface area contributed by atoms with Crippen molar-refractivity contribution in [3.63, 3.8) is 0 Å². The number of aliphatic imine (C=N–C) groups is 1. The molecule has 0 aliphatic heterocycles. The predicted octanol–water partition coefficient (Wildman–Crippen LogP) is 1.17. The molecule has 6 heteroatoms. The van der Waals surface area contributed by atoms with Gasteiger partial charge in [0.1, 0.15) is 0 Å². The van der Waals surface area contributed by atoms with Gasteiger partial charge in [0, 0.05) is 0 Å². The Morgan fingerprint density at radius 2 is 2.31 bits per heavy atom. The number of nitrogens with two attached hydrogens (primary N) is 1. The number of halogens is 1. The van der Waals surface area contributed by atoms with E-state index in [9.17, 15) is 4.79 Å². The fraction of sp³-hybridized carbons (Fsp3) is 0.100. The van der Waals surface area contributed by atoms with E-state index in [0.29, 0.717) is 10.6 Å². The summed E-state index contributed by atoms with van der Waals surface area (Å²) in [5, 5.41) is 10.8. The largest absolute Gasteiger partial charge is 0.369 e. The van der Waals surface area contributed by atoms with Crippen LogP contribution in [0.25, 0.3) is 0 Å². The molecule has 1 rings (SSSR count). The summed E-state index contributed by atoms with van der Waals surface area (Å²) in [6.07, 6.45) is 1.47. The van der Waals surface area contributed by atoms with Crippen molar-refractivity contribution in [2.45, 2.75) is 6.92 Å². The third kappa shape index (κ3) is 2.72. The molecule has 0 aliphatic carbocycles. The lowest BCUT2D eigenvalue weighted by atomic mass is 10.1. The van der Waals surface area contributed by atoms with Crippen LogP contribution in [0, 0.1) is 18.4 Å². The summed E-state index contributed by atoms with van der Waals surface area (Å²) in [5.74, 6) is -0.744. The number of carbonyl (C=O) groups is 1. The molecule has 0 bridgehead atoms. The molecule has 0 radical (unpaired) electrons. The van der Waals surface area contributed by atoms with Crippen LogP contribution in [0.3, 0.4) is 0 Å². The van der Waals surface area contributed by atoms with Crippen molar-refractivity contribution in [2.75, 3.05) is 0 Å². The molecule has 0 unspecified atom stereocenters. The van der Waals surface area contributed by atoms with Crippen molar-refractivity contribution in [3.8, 4) is 6.19 Å². The Morgan fingerprint density at radius 1 is 1.62 bits per heavy atom. The lowest BCUT2D eigenvalue weighted by molar-refractivity contribution is 0.0976. The van der Waals surface area contributed by atoms with Crippen molar-refractivity contribution >= 4 is 23.5 Å². The van der Waals surface area contributed by atoms with Gasteiger partial charge in [-0.3, -0.25) is 10.1 Å². The van der Waals surface area contributed by atoms with E-state index >= 15 is 0 Å². The van der Waals surface area contributed by atoms with Gasteiger partial charge in [-0.25, -0.2) is 0 Å². The van der Waals surface area contributed by atoms with Gasteiger partial charge in [-0.15, -0.1) is 4.99 Å². The Labute approximate surface area is 97.5 Å². The highest BCUT2D eigenvalue weighted by molar-refractivity contribution is 6.34. The molecule has 1 aromatic rings. The highest BCUT2D eigenvalue weighted by Crippen LogP contribution is 2.18. The maximum atomic E-state index is 11.7. The molecule has 0 spiro atoms. The number of nitriles is 1. The van der Waals surface area contributed by atoms with Crippen LogP contribution in [0.4, 0.5) is 0 Å². The number of benzene rings is 1. The smallest absolute Gasteiger partial charge is 0.259 e. The second-order valence-electron chi connectivity index (χ2n) is 2.98. The molecule has 3 N–H and O–H groups in total. The van der Waals surface area contributed by atoms with E-state index in [1.165, 1.54) is 6.19 Å². The molecule has 0 aromatic heterocycles. The summed E-state index contributed by atoms with van der Waals surface area (Å²) in [4.78, 5) is 14.9. The number of nitrogens with zero attached hydrogens (tertiary/aromatic N) is 2. The van der Waals surface area contributed by atoms with Gasteiger partial charge in [-0.2, -0.15) is 5.26 Å². The summed E-state index contributed by atoms with van der Waals surface area (Å²) >= 11 is 5.88. The first-order valence-electron chi connectivity index (χ1n) is 4.35. The Morgan fingerprint density at radius 3 is 2.88 bits per heavy atom. The number of hydrogen-bond donors (Lipinski definition) is 2. The second-order valence-corrected chi connectivity index (χ2v) is 3.39. The Bertz CT molecular complexity index is 470. The van der Waals surface area contributed by atoms with Crippen molar-refractivity contribution in [2.24, 2.45) is 10.7 Å². The van der Waals surface area contributed by atoms with E-state index in [0.717, 1.165) is 5.56 Å². The maximum absolute atomic E-state index is 11.7. The molecule has 1 amide bonds. The highest BCUT2D eigenvalue weighted by atomic mass is 35.5. The summed E-state index contributed by atoms with van der Waals surface area (Å²) in [7, 11) is 0. The summed E-state index contributed by atoms with van der Waals surface area (Å²) in [6.45, 7) is 1.75. The van der Waals surface area contributed by atoms with Crippen LogP contribution >= 0.6 is 11.6 Å². The van der Waals surface area contributed by atoms with Crippen molar-refractivity contribution in [3.05, 3.63) is 34.3 Å². The topological polar surface area (TPSA) is 91.3 Å². The zero-order valence-electron chi connectivity index (χ0n) is 8.49. The minimum atomic E-state index is -0.486. The molecule has 0 heterocycles. The number of aryl methyl sites for hydroxylation is 1. The molecule has 5 nitrogen and oxygen atoms in total. The SMILES string of the molecule is Cc1cccc(Cl)c1C(=O)NC(N)=NC#N. The minimum absolute atomic E-state index is 0.258. The Hall–Kier alpha value is -2.06. The Balaban J connectivity index is 2.99. The average Bonchev–Trinajstić information content (AvgIpc) is 2.17. The van der Waals surface area contributed by atoms with Crippen LogP contribution in [0.15, 0.2) is 23.2 Å². The molecular weight excluding hydrogens is 228 g/mol. The number of rotatable bonds is 1. The number of guanidine groups is 1. The van der Waals surface area contributed by atoms with Gasteiger partial charge in [0.25, 0.3) is 5.91 Å². The van der Waals surface area contributed by atoms with Crippen molar-refractivity contribution in [1.29, 1.82) is 5.26 Å². The molecule has 0 aliphatic rings. The van der Waals surface area contributed by atoms with Gasteiger partial charge in [-0.05, 0) is 18.6 Å². The quantitative estimate of drug-likeness (QED) is 0.436. The second kappa shape index (κ2) is 5.14. The van der Waals surface area contributed by atoms with Gasteiger partial charge < -0.3 is 5.73 Å². The third-order valence-corrected chi connectivity index (χ3v) is 2.18. The van der Waals surface area contributed by atoms with E-state index in [2.05, 4.69) is 10.3 Å². The normalized spacial score (nSPS) is 10.7. The fourth-order valence-electron chi connectivity index (χ4n) is 1.18. The van der Waals surface area contributed by atoms with Crippen LogP contribution in [0.5, 0.6) is 0 Å². The van der Waals surface area contributed by atoms with Crippen LogP contribution in [-0.4, -0.2) is 11.9 Å². The Kier molecular flexibility index (Phi) is 3.86. The average molecular weight is 237 g/mol. The van der Waals surface area contributed by atoms with Crippen LogP contribution in [0.2, 0.25) is 5.02 Å². The number of amides is 1. The number of nitrogens with one attached hydrogen (secondary N) is 1. The first-order chi connectivity index (χ1) is 7.56. The first-order valence-corrected chi connectivity index (χ1v) is 4.72. The molecule has 0 atom stereocenters. The van der Waals surface area contributed by atoms with E-state index in [1.54, 1.807) is 25.1 Å². The zero-order valence-corrected chi connectivity index (χ0v) is 9.25. The summed E-state index contributed by atoms with van der Waals surface area (Å²) < 4.78 is 0. The molecule has 1 aromatic carbocycles. The van der Waals surface area contributed by atoms with Gasteiger partial charge in [0.05, 0.1) is 10.6 Å². The lowest BCUT2D eigenvalue weighted by Gasteiger charge is -2.07. The van der Waals surface area contributed by atoms with Crippen molar-refractivity contribution < 1.29 is 4.79 Å². The monoisotopic (exact) mass is 236 g/mol. The lowest BCUT2D eigenvalue weighted by Crippen LogP contribution is -2.37. The molecule has 0 saturated heterocycles. The summed E-state index contributed by atoms with van der Waals surface area (Å²) in [5.41, 5.74) is 6.31. The van der Waals surface area contributed by atoms with E-state index in [4.69, 9.17) is 22.6 Å². The molecule has 82 valence electrons. The predicted molar refractivity (Wildman–Crippen MR) is 60.9 cm³/mol. The van der Waals surface area contributed by atoms with Gasteiger partial charge >= 0.3 is 0 Å². The zero-order chi connectivity index (χ0) is 12.1. The standard InChI is InChI=1S/C10H9ClN4O/c1-6-3-2-4-7(11)8(6)9(16)15-10(13)14-5-12/h2-4H,1H3,(H3,13,14,15,16). The molecule has 0 saturated carbocycles. The van der Waals surface area contributed by atoms with Gasteiger partial charge in [0.15, 0.2) is 0 Å². The van der Waals surface area contributed by atoms with E-state index in [1.807, 2.05) is 0 Å². The molecule has 0 fully saturated rings. The first kappa shape index (κ1) is 12.0. The van der Waals surface area contributed by atoms with Crippen LogP contribution < -0.4 is 11.1 Å². The minimum Gasteiger partial charge on any atom is -0.369 e. The van der Waals surface area contributed by atoms with Crippen LogP contribution in [-0.2, 0) is 0 Å². The molecular formula is C10H9ClN4O. The van der Waals surface area contributed by atoms with E-state index < -0.39 is 5.91 Å². The maximum Gasteiger partial charge on any atom is 0.259 e. The number of carbonyl (C=O) groups excluding carboxylic acids is 1. The van der Waals surface area contributed by atoms with Crippen LogP contribution in [0.1, 0.15) is 15.9 Å². The van der Waals surface area contributed by atoms with Gasteiger partial charge in [-0.1, -0.05) is 23.7 Å². The fourth-order valence-corrected chi connectivity index (χ4v) is 1.49. The summed E-state index contributed by atoms with van der Waals surface area (Å²) in [6, 6.07) is 5.08. The van der Waals surface area contributed by atoms with E-state index in [-0.39, 0.29) is 5.96 Å².